The Morgan fingerprint density at radius 1 is 0.875 bits per heavy atom. The van der Waals surface area contributed by atoms with Crippen LogP contribution < -0.4 is 11.5 Å². The molecule has 92 valence electrons. The van der Waals surface area contributed by atoms with Gasteiger partial charge in [0.15, 0.2) is 6.29 Å². The van der Waals surface area contributed by atoms with Crippen molar-refractivity contribution in [2.75, 3.05) is 6.61 Å². The summed E-state index contributed by atoms with van der Waals surface area (Å²) < 4.78 is 26.2. The van der Waals surface area contributed by atoms with Gasteiger partial charge in [0.2, 0.25) is 12.8 Å². The standard InChI is InChI=1S/C8H14N2O6/c9-7-12-1-2-3(14-7)4-5(6(11)13-2)16-8(10)15-4/h2-8,11H,1,9-10H2. The van der Waals surface area contributed by atoms with Crippen LogP contribution in [0.3, 0.4) is 0 Å². The summed E-state index contributed by atoms with van der Waals surface area (Å²) >= 11 is 0. The van der Waals surface area contributed by atoms with Gasteiger partial charge in [0.1, 0.15) is 24.4 Å². The highest BCUT2D eigenvalue weighted by Gasteiger charge is 2.54. The Hall–Kier alpha value is -0.320. The molecule has 0 aromatic rings. The lowest BCUT2D eigenvalue weighted by atomic mass is 9.99. The van der Waals surface area contributed by atoms with Crippen LogP contribution in [0.25, 0.3) is 0 Å². The van der Waals surface area contributed by atoms with Crippen LogP contribution in [0.15, 0.2) is 0 Å². The van der Waals surface area contributed by atoms with E-state index in [-0.39, 0.29) is 6.61 Å². The summed E-state index contributed by atoms with van der Waals surface area (Å²) in [6, 6.07) is 0. The van der Waals surface area contributed by atoms with Crippen LogP contribution in [0.1, 0.15) is 0 Å². The van der Waals surface area contributed by atoms with Crippen LogP contribution in [0.5, 0.6) is 0 Å². The van der Waals surface area contributed by atoms with Crippen molar-refractivity contribution in [1.82, 2.24) is 0 Å². The fourth-order valence-corrected chi connectivity index (χ4v) is 2.22. The fourth-order valence-electron chi connectivity index (χ4n) is 2.22. The average molecular weight is 234 g/mol. The molecule has 0 spiro atoms. The molecule has 3 rings (SSSR count). The van der Waals surface area contributed by atoms with Gasteiger partial charge in [-0.1, -0.05) is 0 Å². The Balaban J connectivity index is 1.80. The van der Waals surface area contributed by atoms with Crippen LogP contribution in [-0.2, 0) is 23.7 Å². The maximum Gasteiger partial charge on any atom is 0.214 e. The third-order valence-corrected chi connectivity index (χ3v) is 2.91. The van der Waals surface area contributed by atoms with Gasteiger partial charge < -0.3 is 28.8 Å². The number of hydrogen-bond acceptors (Lipinski definition) is 8. The number of rotatable bonds is 0. The van der Waals surface area contributed by atoms with Crippen LogP contribution in [0.2, 0.25) is 0 Å². The molecule has 3 aliphatic rings. The first-order valence-electron chi connectivity index (χ1n) is 5.08. The molecular formula is C8H14N2O6. The van der Waals surface area contributed by atoms with Crippen LogP contribution in [-0.4, -0.2) is 55.2 Å². The quantitative estimate of drug-likeness (QED) is 0.417. The van der Waals surface area contributed by atoms with E-state index in [0.717, 1.165) is 0 Å². The maximum atomic E-state index is 9.68. The zero-order valence-corrected chi connectivity index (χ0v) is 8.39. The summed E-state index contributed by atoms with van der Waals surface area (Å²) in [4.78, 5) is 0. The zero-order valence-electron chi connectivity index (χ0n) is 8.39. The van der Waals surface area contributed by atoms with E-state index >= 15 is 0 Å². The van der Waals surface area contributed by atoms with Gasteiger partial charge in [-0.3, -0.25) is 11.5 Å². The average Bonchev–Trinajstić information content (AvgIpc) is 2.62. The molecule has 7 atom stereocenters. The molecule has 8 heteroatoms. The molecule has 5 N–H and O–H groups in total. The Bertz CT molecular complexity index is 279. The molecule has 0 amide bonds. The first-order chi connectivity index (χ1) is 7.65. The van der Waals surface area contributed by atoms with Gasteiger partial charge in [-0.2, -0.15) is 0 Å². The predicted molar refractivity (Wildman–Crippen MR) is 47.4 cm³/mol. The number of fused-ring (bicyclic) bond motifs is 3. The van der Waals surface area contributed by atoms with E-state index < -0.39 is 43.5 Å². The summed E-state index contributed by atoms with van der Waals surface area (Å²) in [7, 11) is 0. The van der Waals surface area contributed by atoms with E-state index in [2.05, 4.69) is 0 Å². The number of aliphatic hydroxyl groups excluding tert-OH is 1. The van der Waals surface area contributed by atoms with Gasteiger partial charge in [0.25, 0.3) is 0 Å². The molecule has 0 bridgehead atoms. The van der Waals surface area contributed by atoms with Crippen molar-refractivity contribution in [1.29, 1.82) is 0 Å². The van der Waals surface area contributed by atoms with Gasteiger partial charge in [-0.15, -0.1) is 0 Å². The lowest BCUT2D eigenvalue weighted by Gasteiger charge is -2.43. The van der Waals surface area contributed by atoms with Crippen molar-refractivity contribution < 1.29 is 28.8 Å². The number of hydrogen-bond donors (Lipinski definition) is 3. The van der Waals surface area contributed by atoms with E-state index in [4.69, 9.17) is 35.2 Å². The SMILES string of the molecule is NC1OCC2OC(O)C3OC(N)OC3C2O1. The number of ether oxygens (including phenoxy) is 5. The van der Waals surface area contributed by atoms with Gasteiger partial charge in [-0.05, 0) is 0 Å². The lowest BCUT2D eigenvalue weighted by Crippen LogP contribution is -2.62. The topological polar surface area (TPSA) is 118 Å². The van der Waals surface area contributed by atoms with Crippen LogP contribution in [0, 0.1) is 0 Å². The molecule has 16 heavy (non-hydrogen) atoms. The van der Waals surface area contributed by atoms with E-state index in [1.54, 1.807) is 0 Å². The maximum absolute atomic E-state index is 9.68. The van der Waals surface area contributed by atoms with Gasteiger partial charge in [-0.25, -0.2) is 0 Å². The van der Waals surface area contributed by atoms with Gasteiger partial charge in [0.05, 0.1) is 6.61 Å². The predicted octanol–water partition coefficient (Wildman–Crippen LogP) is -2.61. The largest absolute Gasteiger partial charge is 0.366 e. The van der Waals surface area contributed by atoms with E-state index in [1.165, 1.54) is 0 Å². The molecule has 0 radical (unpaired) electrons. The summed E-state index contributed by atoms with van der Waals surface area (Å²) in [6.45, 7) is 0.241. The van der Waals surface area contributed by atoms with E-state index in [1.807, 2.05) is 0 Å². The molecule has 0 aliphatic carbocycles. The molecule has 0 aromatic carbocycles. The monoisotopic (exact) mass is 234 g/mol. The molecule has 3 saturated heterocycles. The highest BCUT2D eigenvalue weighted by molar-refractivity contribution is 4.95. The molecular weight excluding hydrogens is 220 g/mol. The fraction of sp³-hybridized carbons (Fsp3) is 1.00. The van der Waals surface area contributed by atoms with Crippen molar-refractivity contribution in [2.24, 2.45) is 11.5 Å². The summed E-state index contributed by atoms with van der Waals surface area (Å²) in [5.41, 5.74) is 11.0. The summed E-state index contributed by atoms with van der Waals surface area (Å²) in [5.74, 6) is 0. The van der Waals surface area contributed by atoms with Gasteiger partial charge >= 0.3 is 0 Å². The second-order valence-electron chi connectivity index (χ2n) is 3.94. The Labute approximate surface area is 91.3 Å². The second kappa shape index (κ2) is 3.86. The molecule has 8 nitrogen and oxygen atoms in total. The minimum Gasteiger partial charge on any atom is -0.366 e. The summed E-state index contributed by atoms with van der Waals surface area (Å²) in [5, 5.41) is 9.68. The van der Waals surface area contributed by atoms with E-state index in [9.17, 15) is 5.11 Å². The van der Waals surface area contributed by atoms with Gasteiger partial charge in [0, 0.05) is 0 Å². The number of aliphatic hydroxyl groups is 1. The zero-order chi connectivity index (χ0) is 11.3. The highest BCUT2D eigenvalue weighted by Crippen LogP contribution is 2.34. The molecule has 7 unspecified atom stereocenters. The minimum absolute atomic E-state index is 0.241. The third kappa shape index (κ3) is 1.63. The van der Waals surface area contributed by atoms with E-state index in [0.29, 0.717) is 0 Å². The first kappa shape index (κ1) is 10.8. The molecule has 0 saturated carbocycles. The third-order valence-electron chi connectivity index (χ3n) is 2.91. The second-order valence-corrected chi connectivity index (χ2v) is 3.94. The van der Waals surface area contributed by atoms with Crippen molar-refractivity contribution in [3.05, 3.63) is 0 Å². The Morgan fingerprint density at radius 2 is 1.56 bits per heavy atom. The highest BCUT2D eigenvalue weighted by atomic mass is 16.8. The minimum atomic E-state index is -1.10. The first-order valence-corrected chi connectivity index (χ1v) is 5.08. The Morgan fingerprint density at radius 3 is 2.38 bits per heavy atom. The normalized spacial score (nSPS) is 56.8. The van der Waals surface area contributed by atoms with Crippen molar-refractivity contribution in [3.8, 4) is 0 Å². The molecule has 0 aromatic heterocycles. The molecule has 3 heterocycles. The van der Waals surface area contributed by atoms with Crippen molar-refractivity contribution >= 4 is 0 Å². The number of nitrogens with two attached hydrogens (primary N) is 2. The molecule has 3 aliphatic heterocycles. The lowest BCUT2D eigenvalue weighted by molar-refractivity contribution is -0.335. The van der Waals surface area contributed by atoms with Crippen LogP contribution >= 0.6 is 0 Å². The van der Waals surface area contributed by atoms with Crippen molar-refractivity contribution in [2.45, 2.75) is 43.5 Å². The van der Waals surface area contributed by atoms with Crippen LogP contribution in [0.4, 0.5) is 0 Å². The Kier molecular flexibility index (Phi) is 2.61. The molecule has 3 fully saturated rings. The summed E-state index contributed by atoms with van der Waals surface area (Å²) in [6.07, 6.45) is -4.80. The smallest absolute Gasteiger partial charge is 0.214 e. The van der Waals surface area contributed by atoms with Crippen molar-refractivity contribution in [3.63, 3.8) is 0 Å².